The van der Waals surface area contributed by atoms with Gasteiger partial charge in [0.15, 0.2) is 0 Å². The van der Waals surface area contributed by atoms with E-state index in [0.29, 0.717) is 12.5 Å². The number of piperazine rings is 1. The summed E-state index contributed by atoms with van der Waals surface area (Å²) in [7, 11) is 2.11. The average molecular weight is 226 g/mol. The molecule has 1 saturated carbocycles. The van der Waals surface area contributed by atoms with Gasteiger partial charge in [-0.2, -0.15) is 0 Å². The van der Waals surface area contributed by atoms with Crippen LogP contribution in [0.25, 0.3) is 0 Å². The molecule has 2 aliphatic rings. The number of carbonyl (C=O) groups excluding carboxylic acids is 1. The van der Waals surface area contributed by atoms with E-state index in [1.807, 2.05) is 5.01 Å². The average Bonchev–Trinajstić information content (AvgIpc) is 3.05. The normalized spacial score (nSPS) is 23.3. The Kier molecular flexibility index (Phi) is 4.15. The zero-order valence-corrected chi connectivity index (χ0v) is 10.0. The van der Waals surface area contributed by atoms with Gasteiger partial charge >= 0.3 is 0 Å². The Bertz CT molecular complexity index is 234. The minimum Gasteiger partial charge on any atom is -0.313 e. The highest BCUT2D eigenvalue weighted by Crippen LogP contribution is 2.18. The van der Waals surface area contributed by atoms with Gasteiger partial charge in [0.05, 0.1) is 0 Å². The molecule has 2 fully saturated rings. The van der Waals surface area contributed by atoms with Gasteiger partial charge in [-0.25, -0.2) is 5.01 Å². The molecule has 1 saturated heterocycles. The van der Waals surface area contributed by atoms with Crippen LogP contribution in [0, 0.1) is 0 Å². The molecule has 92 valence electrons. The third-order valence-electron chi connectivity index (χ3n) is 3.15. The number of hydrogen-bond acceptors (Lipinski definition) is 4. The number of hydrazine groups is 1. The highest BCUT2D eigenvalue weighted by Gasteiger charge is 2.20. The van der Waals surface area contributed by atoms with Crippen molar-refractivity contribution in [2.75, 3.05) is 39.8 Å². The first-order valence-corrected chi connectivity index (χ1v) is 6.20. The summed E-state index contributed by atoms with van der Waals surface area (Å²) in [4.78, 5) is 13.9. The first-order chi connectivity index (χ1) is 7.74. The molecule has 0 radical (unpaired) electrons. The van der Waals surface area contributed by atoms with Crippen molar-refractivity contribution in [1.82, 2.24) is 20.7 Å². The molecule has 0 spiro atoms. The van der Waals surface area contributed by atoms with Crippen LogP contribution >= 0.6 is 0 Å². The molecule has 5 nitrogen and oxygen atoms in total. The highest BCUT2D eigenvalue weighted by molar-refractivity contribution is 5.75. The van der Waals surface area contributed by atoms with Crippen LogP contribution in [0.4, 0.5) is 0 Å². The monoisotopic (exact) mass is 226 g/mol. The number of rotatable bonds is 5. The van der Waals surface area contributed by atoms with Crippen LogP contribution < -0.4 is 10.7 Å². The summed E-state index contributed by atoms with van der Waals surface area (Å²) in [5, 5.41) is 5.37. The topological polar surface area (TPSA) is 47.6 Å². The second kappa shape index (κ2) is 5.61. The summed E-state index contributed by atoms with van der Waals surface area (Å²) in [6, 6.07) is 0.691. The second-order valence-corrected chi connectivity index (χ2v) is 4.80. The van der Waals surface area contributed by atoms with Crippen LogP contribution in [0.5, 0.6) is 0 Å². The number of carbonyl (C=O) groups is 1. The highest BCUT2D eigenvalue weighted by atomic mass is 16.2. The van der Waals surface area contributed by atoms with Crippen LogP contribution in [0.2, 0.25) is 0 Å². The second-order valence-electron chi connectivity index (χ2n) is 4.80. The fourth-order valence-electron chi connectivity index (χ4n) is 1.83. The molecule has 0 aromatic rings. The van der Waals surface area contributed by atoms with Crippen molar-refractivity contribution in [3.63, 3.8) is 0 Å². The smallest absolute Gasteiger partial charge is 0.235 e. The molecule has 0 aromatic carbocycles. The van der Waals surface area contributed by atoms with E-state index in [1.165, 1.54) is 12.8 Å². The van der Waals surface area contributed by atoms with Gasteiger partial charge in [-0.1, -0.05) is 0 Å². The van der Waals surface area contributed by atoms with Gasteiger partial charge in [-0.15, -0.1) is 0 Å². The molecule has 0 atom stereocenters. The Hall–Kier alpha value is -0.650. The van der Waals surface area contributed by atoms with E-state index in [0.717, 1.165) is 32.7 Å². The summed E-state index contributed by atoms with van der Waals surface area (Å²) in [5.74, 6) is 0.137. The Labute approximate surface area is 97.1 Å². The maximum absolute atomic E-state index is 11.6. The minimum absolute atomic E-state index is 0.137. The van der Waals surface area contributed by atoms with Gasteiger partial charge in [0.1, 0.15) is 0 Å². The summed E-state index contributed by atoms with van der Waals surface area (Å²) >= 11 is 0. The molecule has 0 unspecified atom stereocenters. The van der Waals surface area contributed by atoms with Gasteiger partial charge < -0.3 is 10.2 Å². The van der Waals surface area contributed by atoms with Crippen LogP contribution in [0.3, 0.4) is 0 Å². The number of amides is 1. The Balaban J connectivity index is 1.55. The molecule has 2 N–H and O–H groups in total. The molecule has 1 amide bonds. The molecule has 5 heteroatoms. The van der Waals surface area contributed by atoms with E-state index in [-0.39, 0.29) is 5.91 Å². The largest absolute Gasteiger partial charge is 0.313 e. The van der Waals surface area contributed by atoms with Gasteiger partial charge in [-0.05, 0) is 19.9 Å². The lowest BCUT2D eigenvalue weighted by molar-refractivity contribution is -0.126. The molecular formula is C11H22N4O. The van der Waals surface area contributed by atoms with Gasteiger partial charge in [0, 0.05) is 45.2 Å². The van der Waals surface area contributed by atoms with E-state index in [9.17, 15) is 4.79 Å². The van der Waals surface area contributed by atoms with Crippen molar-refractivity contribution in [2.24, 2.45) is 0 Å². The number of likely N-dealkylation sites (N-methyl/N-ethyl adjacent to an activating group) is 1. The fraction of sp³-hybridized carbons (Fsp3) is 0.909. The Morgan fingerprint density at radius 3 is 2.56 bits per heavy atom. The van der Waals surface area contributed by atoms with Gasteiger partial charge in [0.25, 0.3) is 0 Å². The zero-order valence-electron chi connectivity index (χ0n) is 10.0. The molecule has 1 aliphatic heterocycles. The van der Waals surface area contributed by atoms with E-state index in [4.69, 9.17) is 0 Å². The van der Waals surface area contributed by atoms with E-state index < -0.39 is 0 Å². The lowest BCUT2D eigenvalue weighted by Crippen LogP contribution is -2.52. The van der Waals surface area contributed by atoms with E-state index >= 15 is 0 Å². The Morgan fingerprint density at radius 1 is 1.25 bits per heavy atom. The van der Waals surface area contributed by atoms with Crippen molar-refractivity contribution in [1.29, 1.82) is 0 Å². The zero-order chi connectivity index (χ0) is 11.4. The van der Waals surface area contributed by atoms with Crippen LogP contribution in [-0.2, 0) is 4.79 Å². The molecule has 16 heavy (non-hydrogen) atoms. The van der Waals surface area contributed by atoms with Gasteiger partial charge in [0.2, 0.25) is 5.91 Å². The first-order valence-electron chi connectivity index (χ1n) is 6.20. The van der Waals surface area contributed by atoms with Crippen molar-refractivity contribution in [3.8, 4) is 0 Å². The summed E-state index contributed by atoms with van der Waals surface area (Å²) in [6.07, 6.45) is 3.14. The molecular weight excluding hydrogens is 204 g/mol. The van der Waals surface area contributed by atoms with Gasteiger partial charge in [-0.3, -0.25) is 10.2 Å². The summed E-state index contributed by atoms with van der Waals surface area (Å²) < 4.78 is 0. The third-order valence-corrected chi connectivity index (χ3v) is 3.15. The molecule has 2 rings (SSSR count). The van der Waals surface area contributed by atoms with E-state index in [2.05, 4.69) is 22.7 Å². The predicted molar refractivity (Wildman–Crippen MR) is 62.9 cm³/mol. The SMILES string of the molecule is CN1CCN(NC(=O)CCNC2CC2)CC1. The maximum Gasteiger partial charge on any atom is 0.235 e. The van der Waals surface area contributed by atoms with Crippen LogP contribution in [0.15, 0.2) is 0 Å². The standard InChI is InChI=1S/C11H22N4O/c1-14-6-8-15(9-7-14)13-11(16)4-5-12-10-2-3-10/h10,12H,2-9H2,1H3,(H,13,16). The van der Waals surface area contributed by atoms with Crippen LogP contribution in [-0.4, -0.2) is 61.6 Å². The fourth-order valence-corrected chi connectivity index (χ4v) is 1.83. The number of nitrogens with one attached hydrogen (secondary N) is 2. The van der Waals surface area contributed by atoms with Crippen molar-refractivity contribution >= 4 is 5.91 Å². The summed E-state index contributed by atoms with van der Waals surface area (Å²) in [6.45, 7) is 4.72. The van der Waals surface area contributed by atoms with Crippen molar-refractivity contribution in [3.05, 3.63) is 0 Å². The number of hydrogen-bond donors (Lipinski definition) is 2. The quantitative estimate of drug-likeness (QED) is 0.658. The first kappa shape index (κ1) is 11.8. The molecule has 1 aliphatic carbocycles. The van der Waals surface area contributed by atoms with Crippen LogP contribution in [0.1, 0.15) is 19.3 Å². The Morgan fingerprint density at radius 2 is 1.94 bits per heavy atom. The molecule has 0 aromatic heterocycles. The van der Waals surface area contributed by atoms with E-state index in [1.54, 1.807) is 0 Å². The molecule has 0 bridgehead atoms. The lowest BCUT2D eigenvalue weighted by atomic mass is 10.3. The lowest BCUT2D eigenvalue weighted by Gasteiger charge is -2.32. The third kappa shape index (κ3) is 4.08. The maximum atomic E-state index is 11.6. The predicted octanol–water partition coefficient (Wildman–Crippen LogP) is -0.593. The van der Waals surface area contributed by atoms with Crippen molar-refractivity contribution < 1.29 is 4.79 Å². The van der Waals surface area contributed by atoms with Crippen molar-refractivity contribution in [2.45, 2.75) is 25.3 Å². The minimum atomic E-state index is 0.137. The summed E-state index contributed by atoms with van der Waals surface area (Å²) in [5.41, 5.74) is 2.96. The number of nitrogens with zero attached hydrogens (tertiary/aromatic N) is 2. The molecule has 1 heterocycles.